The SMILES string of the molecule is Cc1cc(C)c(N=c2cc(-c3ccc(-n4ccnc4)cc3)n(C)c(=O)n2C)c(C)c1. The molecule has 0 unspecified atom stereocenters. The summed E-state index contributed by atoms with van der Waals surface area (Å²) in [5, 5.41) is 0. The topological polar surface area (TPSA) is 57.1 Å². The quantitative estimate of drug-likeness (QED) is 0.527. The van der Waals surface area contributed by atoms with Crippen LogP contribution in [0.15, 0.2) is 71.0 Å². The molecule has 0 aliphatic heterocycles. The van der Waals surface area contributed by atoms with Crippen molar-refractivity contribution >= 4 is 5.69 Å². The average Bonchev–Trinajstić information content (AvgIpc) is 3.25. The van der Waals surface area contributed by atoms with Crippen LogP contribution in [-0.2, 0) is 14.1 Å². The van der Waals surface area contributed by atoms with E-state index in [4.69, 9.17) is 4.99 Å². The Kier molecular flexibility index (Phi) is 4.99. The number of hydrogen-bond donors (Lipinski definition) is 0. The van der Waals surface area contributed by atoms with Gasteiger partial charge in [-0.05, 0) is 49.6 Å². The first-order valence-corrected chi connectivity index (χ1v) is 9.83. The molecule has 0 spiro atoms. The highest BCUT2D eigenvalue weighted by Crippen LogP contribution is 2.24. The highest BCUT2D eigenvalue weighted by molar-refractivity contribution is 5.61. The highest BCUT2D eigenvalue weighted by Gasteiger charge is 2.09. The van der Waals surface area contributed by atoms with Crippen LogP contribution in [0.5, 0.6) is 0 Å². The van der Waals surface area contributed by atoms with Gasteiger partial charge in [0.1, 0.15) is 5.49 Å². The molecule has 0 radical (unpaired) electrons. The number of aromatic nitrogens is 4. The van der Waals surface area contributed by atoms with E-state index >= 15 is 0 Å². The minimum absolute atomic E-state index is 0.118. The standard InChI is InChI=1S/C24H25N5O/c1-16-12-17(2)23(18(3)13-16)26-22-14-21(27(4)24(30)28(22)5)19-6-8-20(9-7-19)29-11-10-25-15-29/h6-15H,1-5H3. The van der Waals surface area contributed by atoms with Gasteiger partial charge in [0.2, 0.25) is 0 Å². The number of rotatable bonds is 3. The summed E-state index contributed by atoms with van der Waals surface area (Å²) in [6.07, 6.45) is 5.41. The molecule has 6 nitrogen and oxygen atoms in total. The van der Waals surface area contributed by atoms with Crippen molar-refractivity contribution < 1.29 is 0 Å². The van der Waals surface area contributed by atoms with Crippen LogP contribution in [0.3, 0.4) is 0 Å². The van der Waals surface area contributed by atoms with E-state index in [2.05, 4.69) is 37.9 Å². The molecule has 0 saturated carbocycles. The van der Waals surface area contributed by atoms with Crippen LogP contribution >= 0.6 is 0 Å². The normalized spacial score (nSPS) is 11.8. The first-order chi connectivity index (χ1) is 14.3. The Morgan fingerprint density at radius 1 is 0.900 bits per heavy atom. The van der Waals surface area contributed by atoms with Gasteiger partial charge in [0.25, 0.3) is 0 Å². The molecule has 4 aromatic rings. The van der Waals surface area contributed by atoms with Crippen molar-refractivity contribution in [2.75, 3.05) is 0 Å². The number of imidazole rings is 1. The average molecular weight is 399 g/mol. The summed E-state index contributed by atoms with van der Waals surface area (Å²) in [6.45, 7) is 6.18. The van der Waals surface area contributed by atoms with E-state index in [1.54, 1.807) is 35.8 Å². The second-order valence-corrected chi connectivity index (χ2v) is 7.66. The van der Waals surface area contributed by atoms with Crippen molar-refractivity contribution in [2.45, 2.75) is 20.8 Å². The largest absolute Gasteiger partial charge is 0.329 e. The predicted molar refractivity (Wildman–Crippen MR) is 119 cm³/mol. The molecule has 2 aromatic heterocycles. The van der Waals surface area contributed by atoms with Gasteiger partial charge < -0.3 is 4.57 Å². The fraction of sp³-hybridized carbons (Fsp3) is 0.208. The Hall–Kier alpha value is -3.67. The van der Waals surface area contributed by atoms with E-state index in [0.29, 0.717) is 5.49 Å². The van der Waals surface area contributed by atoms with Gasteiger partial charge in [-0.3, -0.25) is 9.13 Å². The molecular weight excluding hydrogens is 374 g/mol. The lowest BCUT2D eigenvalue weighted by Gasteiger charge is -2.13. The smallest absolute Gasteiger partial charge is 0.306 e. The molecule has 0 saturated heterocycles. The zero-order valence-corrected chi connectivity index (χ0v) is 17.9. The van der Waals surface area contributed by atoms with Gasteiger partial charge in [0.05, 0.1) is 17.7 Å². The van der Waals surface area contributed by atoms with Crippen molar-refractivity contribution in [1.82, 2.24) is 18.7 Å². The Labute approximate surface area is 175 Å². The number of nitrogens with zero attached hydrogens (tertiary/aromatic N) is 5. The van der Waals surface area contributed by atoms with Crippen molar-refractivity contribution in [2.24, 2.45) is 19.1 Å². The third-order valence-corrected chi connectivity index (χ3v) is 5.37. The Morgan fingerprint density at radius 3 is 2.17 bits per heavy atom. The van der Waals surface area contributed by atoms with Crippen molar-refractivity contribution in [3.8, 4) is 16.9 Å². The zero-order chi connectivity index (χ0) is 21.4. The number of hydrogen-bond acceptors (Lipinski definition) is 3. The predicted octanol–water partition coefficient (Wildman–Crippen LogP) is 3.73. The van der Waals surface area contributed by atoms with Crippen molar-refractivity contribution in [3.63, 3.8) is 0 Å². The van der Waals surface area contributed by atoms with Gasteiger partial charge in [-0.2, -0.15) is 0 Å². The van der Waals surface area contributed by atoms with Crippen LogP contribution in [0.1, 0.15) is 16.7 Å². The Morgan fingerprint density at radius 2 is 1.57 bits per heavy atom. The maximum atomic E-state index is 12.9. The molecule has 152 valence electrons. The molecule has 0 aliphatic carbocycles. The van der Waals surface area contributed by atoms with Crippen molar-refractivity contribution in [3.05, 3.63) is 93.8 Å². The fourth-order valence-electron chi connectivity index (χ4n) is 3.81. The second-order valence-electron chi connectivity index (χ2n) is 7.66. The van der Waals surface area contributed by atoms with Gasteiger partial charge in [0.15, 0.2) is 0 Å². The Bertz CT molecular complexity index is 1320. The molecule has 30 heavy (non-hydrogen) atoms. The van der Waals surface area contributed by atoms with E-state index in [1.165, 1.54) is 5.56 Å². The van der Waals surface area contributed by atoms with Gasteiger partial charge in [-0.15, -0.1) is 0 Å². The lowest BCUT2D eigenvalue weighted by Crippen LogP contribution is -2.37. The maximum Gasteiger partial charge on any atom is 0.329 e. The summed E-state index contributed by atoms with van der Waals surface area (Å²) in [6, 6.07) is 14.2. The molecule has 0 N–H and O–H groups in total. The lowest BCUT2D eigenvalue weighted by molar-refractivity contribution is 0.681. The third kappa shape index (κ3) is 3.52. The molecule has 6 heteroatoms. The van der Waals surface area contributed by atoms with Crippen LogP contribution in [-0.4, -0.2) is 18.7 Å². The van der Waals surface area contributed by atoms with Crippen LogP contribution in [0.2, 0.25) is 0 Å². The van der Waals surface area contributed by atoms with E-state index in [1.807, 2.05) is 41.1 Å². The van der Waals surface area contributed by atoms with Crippen LogP contribution in [0, 0.1) is 20.8 Å². The minimum atomic E-state index is -0.118. The van der Waals surface area contributed by atoms with E-state index in [-0.39, 0.29) is 5.69 Å². The summed E-state index contributed by atoms with van der Waals surface area (Å²) in [5.41, 5.74) is 7.60. The number of benzene rings is 2. The van der Waals surface area contributed by atoms with Gasteiger partial charge >= 0.3 is 5.69 Å². The first kappa shape index (κ1) is 19.6. The zero-order valence-electron chi connectivity index (χ0n) is 17.9. The van der Waals surface area contributed by atoms with Gasteiger partial charge in [-0.25, -0.2) is 14.8 Å². The first-order valence-electron chi connectivity index (χ1n) is 9.83. The monoisotopic (exact) mass is 399 g/mol. The summed E-state index contributed by atoms with van der Waals surface area (Å²) in [5.74, 6) is 0. The molecule has 0 bridgehead atoms. The molecule has 0 aliphatic rings. The fourth-order valence-corrected chi connectivity index (χ4v) is 3.81. The van der Waals surface area contributed by atoms with E-state index in [9.17, 15) is 4.79 Å². The third-order valence-electron chi connectivity index (χ3n) is 5.37. The molecule has 4 rings (SSSR count). The van der Waals surface area contributed by atoms with Crippen molar-refractivity contribution in [1.29, 1.82) is 0 Å². The minimum Gasteiger partial charge on any atom is -0.306 e. The van der Waals surface area contributed by atoms with Crippen LogP contribution in [0.25, 0.3) is 16.9 Å². The maximum absolute atomic E-state index is 12.9. The van der Waals surface area contributed by atoms with Gasteiger partial charge in [-0.1, -0.05) is 29.8 Å². The van der Waals surface area contributed by atoms with Crippen LogP contribution < -0.4 is 11.2 Å². The summed E-state index contributed by atoms with van der Waals surface area (Å²) >= 11 is 0. The van der Waals surface area contributed by atoms with Gasteiger partial charge in [0, 0.05) is 38.2 Å². The summed E-state index contributed by atoms with van der Waals surface area (Å²) < 4.78 is 5.18. The molecular formula is C24H25N5O. The molecule has 0 fully saturated rings. The van der Waals surface area contributed by atoms with E-state index < -0.39 is 0 Å². The number of aryl methyl sites for hydroxylation is 3. The molecule has 0 amide bonds. The molecule has 2 heterocycles. The molecule has 2 aromatic carbocycles. The van der Waals surface area contributed by atoms with E-state index in [0.717, 1.165) is 33.8 Å². The summed E-state index contributed by atoms with van der Waals surface area (Å²) in [7, 11) is 3.54. The second kappa shape index (κ2) is 7.63. The summed E-state index contributed by atoms with van der Waals surface area (Å²) in [4.78, 5) is 21.9. The highest BCUT2D eigenvalue weighted by atomic mass is 16.1. The lowest BCUT2D eigenvalue weighted by atomic mass is 10.1. The Balaban J connectivity index is 1.87. The van der Waals surface area contributed by atoms with Crippen LogP contribution in [0.4, 0.5) is 5.69 Å². The molecule has 0 atom stereocenters.